The van der Waals surface area contributed by atoms with E-state index in [0.29, 0.717) is 30.8 Å². The Bertz CT molecular complexity index is 976. The standard InChI is InChI=1S/C28H44F3N7O/c1-22-26(21-38(35-22)24-12-17-37(18-13-24)23-10-8-11-23)34-20-25(28(29,30)31)27(32-2)33-14-9-16-36(3)15-6-4-5-7-19-39/h19-21,23-24,34H,2,4-18H2,1,3H3. The van der Waals surface area contributed by atoms with Crippen molar-refractivity contribution in [2.45, 2.75) is 89.4 Å². The van der Waals surface area contributed by atoms with Gasteiger partial charge in [-0.3, -0.25) is 9.67 Å². The van der Waals surface area contributed by atoms with Crippen LogP contribution in [0.4, 0.5) is 18.9 Å². The highest BCUT2D eigenvalue weighted by Crippen LogP contribution is 2.32. The van der Waals surface area contributed by atoms with E-state index >= 15 is 0 Å². The van der Waals surface area contributed by atoms with Gasteiger partial charge >= 0.3 is 6.18 Å². The molecule has 0 unspecified atom stereocenters. The summed E-state index contributed by atoms with van der Waals surface area (Å²) in [7, 11) is 1.97. The zero-order chi connectivity index (χ0) is 28.3. The number of aryl methyl sites for hydroxylation is 1. The largest absolute Gasteiger partial charge is 0.421 e. The van der Waals surface area contributed by atoms with E-state index in [4.69, 9.17) is 0 Å². The van der Waals surface area contributed by atoms with Gasteiger partial charge < -0.3 is 19.9 Å². The number of unbranched alkanes of at least 4 members (excludes halogenated alkanes) is 3. The molecule has 2 heterocycles. The van der Waals surface area contributed by atoms with E-state index in [-0.39, 0.29) is 12.6 Å². The summed E-state index contributed by atoms with van der Waals surface area (Å²) >= 11 is 0. The number of hydrogen-bond donors (Lipinski definition) is 1. The van der Waals surface area contributed by atoms with Crippen molar-refractivity contribution < 1.29 is 18.0 Å². The molecule has 2 aliphatic rings. The molecule has 2 fully saturated rings. The van der Waals surface area contributed by atoms with E-state index in [9.17, 15) is 18.0 Å². The van der Waals surface area contributed by atoms with Gasteiger partial charge in [-0.25, -0.2) is 4.99 Å². The molecule has 1 aliphatic carbocycles. The number of amidine groups is 1. The Morgan fingerprint density at radius 2 is 1.87 bits per heavy atom. The van der Waals surface area contributed by atoms with Crippen LogP contribution >= 0.6 is 0 Å². The highest BCUT2D eigenvalue weighted by atomic mass is 19.4. The number of hydrogen-bond acceptors (Lipinski definition) is 6. The van der Waals surface area contributed by atoms with Crippen LogP contribution in [0.25, 0.3) is 0 Å². The summed E-state index contributed by atoms with van der Waals surface area (Å²) in [6, 6.07) is 0.983. The SMILES string of the molecule is C=NC(=NCCCN(C)CCCCCC=O)C(=CNc1cn(C2CCN(C3CCC3)CC2)nc1C)C(F)(F)F. The van der Waals surface area contributed by atoms with Crippen molar-refractivity contribution in [2.75, 3.05) is 45.1 Å². The van der Waals surface area contributed by atoms with Crippen molar-refractivity contribution in [1.82, 2.24) is 19.6 Å². The zero-order valence-electron chi connectivity index (χ0n) is 23.4. The molecule has 39 heavy (non-hydrogen) atoms. The summed E-state index contributed by atoms with van der Waals surface area (Å²) in [5.41, 5.74) is 0.229. The molecule has 3 rings (SSSR count). The second-order valence-corrected chi connectivity index (χ2v) is 10.7. The predicted octanol–water partition coefficient (Wildman–Crippen LogP) is 5.42. The fourth-order valence-corrected chi connectivity index (χ4v) is 5.14. The quantitative estimate of drug-likeness (QED) is 0.136. The summed E-state index contributed by atoms with van der Waals surface area (Å²) in [5, 5.41) is 7.41. The Morgan fingerprint density at radius 3 is 2.49 bits per heavy atom. The lowest BCUT2D eigenvalue weighted by molar-refractivity contribution is -0.108. The molecule has 1 saturated carbocycles. The molecule has 8 nitrogen and oxygen atoms in total. The first kappa shape index (κ1) is 31.0. The molecule has 0 atom stereocenters. The van der Waals surface area contributed by atoms with Crippen molar-refractivity contribution in [3.8, 4) is 0 Å². The topological polar surface area (TPSA) is 78.1 Å². The van der Waals surface area contributed by atoms with E-state index in [1.54, 1.807) is 13.1 Å². The highest BCUT2D eigenvalue weighted by molar-refractivity contribution is 6.02. The lowest BCUT2D eigenvalue weighted by atomic mass is 9.89. The van der Waals surface area contributed by atoms with Crippen molar-refractivity contribution in [3.05, 3.63) is 23.7 Å². The number of rotatable bonds is 15. The van der Waals surface area contributed by atoms with Gasteiger partial charge in [0.2, 0.25) is 0 Å². The molecule has 0 amide bonds. The van der Waals surface area contributed by atoms with Crippen LogP contribution in [-0.4, -0.2) is 90.4 Å². The second-order valence-electron chi connectivity index (χ2n) is 10.7. The highest BCUT2D eigenvalue weighted by Gasteiger charge is 2.37. The predicted molar refractivity (Wildman–Crippen MR) is 151 cm³/mol. The van der Waals surface area contributed by atoms with Crippen molar-refractivity contribution in [1.29, 1.82) is 0 Å². The van der Waals surface area contributed by atoms with Gasteiger partial charge in [0.05, 0.1) is 17.4 Å². The normalized spacial score (nSPS) is 18.4. The minimum atomic E-state index is -4.64. The lowest BCUT2D eigenvalue weighted by Crippen LogP contribution is -2.45. The summed E-state index contributed by atoms with van der Waals surface area (Å²) in [4.78, 5) is 22.8. The van der Waals surface area contributed by atoms with E-state index in [2.05, 4.69) is 36.9 Å². The Labute approximate surface area is 230 Å². The molecule has 1 aliphatic heterocycles. The Kier molecular flexibility index (Phi) is 12.2. The summed E-state index contributed by atoms with van der Waals surface area (Å²) in [6.07, 6.45) is 8.95. The molecule has 1 aromatic rings. The van der Waals surface area contributed by atoms with Gasteiger partial charge in [-0.15, -0.1) is 0 Å². The first-order valence-electron chi connectivity index (χ1n) is 14.2. The number of likely N-dealkylation sites (tertiary alicyclic amines) is 1. The van der Waals surface area contributed by atoms with E-state index in [0.717, 1.165) is 70.3 Å². The summed E-state index contributed by atoms with van der Waals surface area (Å²) in [5.74, 6) is -0.417. The number of aliphatic imine (C=N–C) groups is 2. The molecule has 218 valence electrons. The van der Waals surface area contributed by atoms with Gasteiger partial charge in [-0.2, -0.15) is 18.3 Å². The van der Waals surface area contributed by atoms with Crippen LogP contribution in [-0.2, 0) is 4.79 Å². The minimum Gasteiger partial charge on any atom is -0.358 e. The van der Waals surface area contributed by atoms with E-state index < -0.39 is 17.6 Å². The third-order valence-corrected chi connectivity index (χ3v) is 7.77. The van der Waals surface area contributed by atoms with Gasteiger partial charge in [0, 0.05) is 44.5 Å². The fourth-order valence-electron chi connectivity index (χ4n) is 5.14. The smallest absolute Gasteiger partial charge is 0.358 e. The maximum atomic E-state index is 13.9. The van der Waals surface area contributed by atoms with E-state index in [1.165, 1.54) is 19.3 Å². The lowest BCUT2D eigenvalue weighted by Gasteiger charge is -2.41. The molecule has 1 N–H and O–H groups in total. The van der Waals surface area contributed by atoms with Crippen LogP contribution in [0.2, 0.25) is 0 Å². The van der Waals surface area contributed by atoms with Crippen LogP contribution < -0.4 is 5.32 Å². The summed E-state index contributed by atoms with van der Waals surface area (Å²) < 4.78 is 43.7. The number of aromatic nitrogens is 2. The average molecular weight is 552 g/mol. The molecule has 0 bridgehead atoms. The fraction of sp³-hybridized carbons (Fsp3) is 0.714. The van der Waals surface area contributed by atoms with Crippen molar-refractivity contribution >= 4 is 24.5 Å². The Balaban J connectivity index is 1.54. The third-order valence-electron chi connectivity index (χ3n) is 7.77. The number of halogens is 3. The third kappa shape index (κ3) is 9.56. The van der Waals surface area contributed by atoms with Gasteiger partial charge in [0.15, 0.2) is 5.84 Å². The molecular formula is C28H44F3N7O. The second kappa shape index (κ2) is 15.3. The maximum absolute atomic E-state index is 13.9. The number of carbonyl (C=O) groups is 1. The first-order chi connectivity index (χ1) is 18.7. The van der Waals surface area contributed by atoms with Crippen molar-refractivity contribution in [3.63, 3.8) is 0 Å². The number of alkyl halides is 3. The molecule has 0 radical (unpaired) electrons. The van der Waals surface area contributed by atoms with Crippen LogP contribution in [0.1, 0.15) is 75.9 Å². The minimum absolute atomic E-state index is 0.216. The molecule has 1 saturated heterocycles. The molecule has 0 spiro atoms. The van der Waals surface area contributed by atoms with Gasteiger partial charge in [0.25, 0.3) is 0 Å². The number of nitrogens with one attached hydrogen (secondary N) is 1. The number of carbonyl (C=O) groups excluding carboxylic acids is 1. The number of nitrogens with zero attached hydrogens (tertiary/aromatic N) is 6. The van der Waals surface area contributed by atoms with Crippen molar-refractivity contribution in [2.24, 2.45) is 9.98 Å². The van der Waals surface area contributed by atoms with Gasteiger partial charge in [0.1, 0.15) is 11.9 Å². The Morgan fingerprint density at radius 1 is 1.15 bits per heavy atom. The average Bonchev–Trinajstić information content (AvgIpc) is 3.24. The summed E-state index contributed by atoms with van der Waals surface area (Å²) in [6.45, 7) is 9.01. The van der Waals surface area contributed by atoms with Crippen LogP contribution in [0.15, 0.2) is 28.0 Å². The zero-order valence-corrected chi connectivity index (χ0v) is 23.4. The van der Waals surface area contributed by atoms with Crippen LogP contribution in [0.3, 0.4) is 0 Å². The number of anilines is 1. The molecule has 1 aromatic heterocycles. The van der Waals surface area contributed by atoms with Gasteiger partial charge in [-0.1, -0.05) is 12.8 Å². The maximum Gasteiger partial charge on any atom is 0.421 e. The number of piperidine rings is 1. The first-order valence-corrected chi connectivity index (χ1v) is 14.2. The molecule has 0 aromatic carbocycles. The molecule has 11 heteroatoms. The van der Waals surface area contributed by atoms with E-state index in [1.807, 2.05) is 11.7 Å². The Hall–Kier alpha value is -2.53. The molecular weight excluding hydrogens is 507 g/mol. The van der Waals surface area contributed by atoms with Crippen LogP contribution in [0, 0.1) is 6.92 Å². The van der Waals surface area contributed by atoms with Crippen LogP contribution in [0.5, 0.6) is 0 Å². The number of aldehydes is 1. The monoisotopic (exact) mass is 551 g/mol. The van der Waals surface area contributed by atoms with Gasteiger partial charge in [-0.05, 0) is 78.7 Å².